The Labute approximate surface area is 141 Å². The normalized spacial score (nSPS) is 11.0. The Morgan fingerprint density at radius 1 is 1.26 bits per heavy atom. The first kappa shape index (κ1) is 15.5. The molecule has 0 unspecified atom stereocenters. The third-order valence-electron chi connectivity index (χ3n) is 3.06. The zero-order valence-corrected chi connectivity index (χ0v) is 13.7. The summed E-state index contributed by atoms with van der Waals surface area (Å²) in [7, 11) is 1.35. The minimum atomic E-state index is -0.391. The second-order valence-corrected chi connectivity index (χ2v) is 6.16. The van der Waals surface area contributed by atoms with E-state index in [4.69, 9.17) is 16.3 Å². The van der Waals surface area contributed by atoms with Gasteiger partial charge in [-0.3, -0.25) is 4.98 Å². The number of hydrogen-bond acceptors (Lipinski definition) is 5. The molecule has 4 nitrogen and oxygen atoms in total. The van der Waals surface area contributed by atoms with E-state index in [1.54, 1.807) is 42.7 Å². The molecule has 0 aliphatic rings. The van der Waals surface area contributed by atoms with E-state index >= 15 is 0 Å². The topological polar surface area (TPSA) is 48.4 Å². The summed E-state index contributed by atoms with van der Waals surface area (Å²) in [6.45, 7) is 0. The van der Waals surface area contributed by atoms with Gasteiger partial charge >= 0.3 is 5.97 Å². The van der Waals surface area contributed by atoms with Gasteiger partial charge in [0.25, 0.3) is 0 Å². The first-order valence-electron chi connectivity index (χ1n) is 6.73. The SMILES string of the molecule is COC(=O)C=Cc1cc2c(Oc3ccc(Cl)cc3)cncc2s1. The number of halogens is 1. The van der Waals surface area contributed by atoms with Crippen LogP contribution < -0.4 is 4.74 Å². The van der Waals surface area contributed by atoms with Crippen molar-refractivity contribution in [3.05, 3.63) is 58.7 Å². The van der Waals surface area contributed by atoms with Crippen LogP contribution in [0.3, 0.4) is 0 Å². The van der Waals surface area contributed by atoms with Crippen LogP contribution in [0.15, 0.2) is 48.8 Å². The smallest absolute Gasteiger partial charge is 0.330 e. The van der Waals surface area contributed by atoms with Gasteiger partial charge in [0.1, 0.15) is 5.75 Å². The van der Waals surface area contributed by atoms with E-state index in [-0.39, 0.29) is 0 Å². The standard InChI is InChI=1S/C17H12ClNO3S/c1-21-17(20)7-6-13-8-14-15(9-19-10-16(14)23-13)22-12-4-2-11(18)3-5-12/h2-10H,1H3. The van der Waals surface area contributed by atoms with Crippen molar-refractivity contribution < 1.29 is 14.3 Å². The van der Waals surface area contributed by atoms with Gasteiger partial charge in [0.2, 0.25) is 0 Å². The molecule has 0 N–H and O–H groups in total. The number of fused-ring (bicyclic) bond motifs is 1. The summed E-state index contributed by atoms with van der Waals surface area (Å²) in [6, 6.07) is 9.08. The van der Waals surface area contributed by atoms with Crippen LogP contribution in [-0.2, 0) is 9.53 Å². The lowest BCUT2D eigenvalue weighted by Crippen LogP contribution is -1.92. The molecule has 1 aromatic carbocycles. The predicted molar refractivity (Wildman–Crippen MR) is 92.2 cm³/mol. The fraction of sp³-hybridized carbons (Fsp3) is 0.0588. The molecule has 0 bridgehead atoms. The molecule has 0 fully saturated rings. The molecule has 3 aromatic rings. The van der Waals surface area contributed by atoms with E-state index in [9.17, 15) is 4.79 Å². The number of carbonyl (C=O) groups excluding carboxylic acids is 1. The molecule has 116 valence electrons. The van der Waals surface area contributed by atoms with Gasteiger partial charge in [-0.1, -0.05) is 11.6 Å². The van der Waals surface area contributed by atoms with Crippen molar-refractivity contribution in [3.8, 4) is 11.5 Å². The van der Waals surface area contributed by atoms with Crippen LogP contribution in [0.4, 0.5) is 0 Å². The maximum Gasteiger partial charge on any atom is 0.330 e. The molecule has 2 aromatic heterocycles. The van der Waals surface area contributed by atoms with E-state index in [1.807, 2.05) is 6.07 Å². The molecule has 3 rings (SSSR count). The largest absolute Gasteiger partial charge is 0.466 e. The average molecular weight is 346 g/mol. The molecule has 2 heterocycles. The number of methoxy groups -OCH3 is 1. The first-order chi connectivity index (χ1) is 11.2. The number of nitrogens with zero attached hydrogens (tertiary/aromatic N) is 1. The van der Waals surface area contributed by atoms with Crippen LogP contribution in [0, 0.1) is 0 Å². The Balaban J connectivity index is 1.92. The van der Waals surface area contributed by atoms with E-state index in [0.717, 1.165) is 15.0 Å². The van der Waals surface area contributed by atoms with E-state index in [2.05, 4.69) is 9.72 Å². The summed E-state index contributed by atoms with van der Waals surface area (Å²) in [5.74, 6) is 0.943. The second-order valence-electron chi connectivity index (χ2n) is 4.61. The molecule has 0 aliphatic carbocycles. The van der Waals surface area contributed by atoms with Gasteiger partial charge in [-0.25, -0.2) is 4.79 Å². The third-order valence-corrected chi connectivity index (χ3v) is 4.34. The van der Waals surface area contributed by atoms with Crippen LogP contribution in [0.5, 0.6) is 11.5 Å². The quantitative estimate of drug-likeness (QED) is 0.497. The molecule has 0 atom stereocenters. The molecule has 0 amide bonds. The lowest BCUT2D eigenvalue weighted by atomic mass is 10.2. The van der Waals surface area contributed by atoms with Crippen LogP contribution in [0.25, 0.3) is 16.2 Å². The number of rotatable bonds is 4. The number of pyridine rings is 1. The van der Waals surface area contributed by atoms with E-state index < -0.39 is 5.97 Å². The average Bonchev–Trinajstić information content (AvgIpc) is 2.99. The van der Waals surface area contributed by atoms with E-state index in [0.29, 0.717) is 16.5 Å². The van der Waals surface area contributed by atoms with Crippen molar-refractivity contribution in [3.63, 3.8) is 0 Å². The van der Waals surface area contributed by atoms with Crippen molar-refractivity contribution in [2.24, 2.45) is 0 Å². The van der Waals surface area contributed by atoms with Crippen LogP contribution >= 0.6 is 22.9 Å². The number of esters is 1. The molecule has 6 heteroatoms. The van der Waals surface area contributed by atoms with Gasteiger partial charge in [-0.15, -0.1) is 11.3 Å². The first-order valence-corrected chi connectivity index (χ1v) is 7.92. The van der Waals surface area contributed by atoms with Gasteiger partial charge in [0.15, 0.2) is 5.75 Å². The maximum absolute atomic E-state index is 11.2. The summed E-state index contributed by atoms with van der Waals surface area (Å²) in [4.78, 5) is 16.3. The summed E-state index contributed by atoms with van der Waals surface area (Å²) in [6.07, 6.45) is 6.53. The summed E-state index contributed by atoms with van der Waals surface area (Å²) in [5.41, 5.74) is 0. The van der Waals surface area contributed by atoms with Gasteiger partial charge in [-0.05, 0) is 36.4 Å². The molecule has 0 saturated carbocycles. The molecule has 0 aliphatic heterocycles. The molecular formula is C17H12ClNO3S. The molecular weight excluding hydrogens is 334 g/mol. The molecule has 0 radical (unpaired) electrons. The van der Waals surface area contributed by atoms with Crippen molar-refractivity contribution >= 4 is 45.1 Å². The maximum atomic E-state index is 11.2. The highest BCUT2D eigenvalue weighted by Crippen LogP contribution is 2.35. The Morgan fingerprint density at radius 3 is 2.78 bits per heavy atom. The Morgan fingerprint density at radius 2 is 2.04 bits per heavy atom. The number of thiophene rings is 1. The van der Waals surface area contributed by atoms with Gasteiger partial charge in [-0.2, -0.15) is 0 Å². The van der Waals surface area contributed by atoms with Gasteiger partial charge < -0.3 is 9.47 Å². The second kappa shape index (κ2) is 6.81. The van der Waals surface area contributed by atoms with Crippen molar-refractivity contribution in [2.45, 2.75) is 0 Å². The number of carbonyl (C=O) groups is 1. The van der Waals surface area contributed by atoms with Crippen LogP contribution in [0.1, 0.15) is 4.88 Å². The molecule has 0 spiro atoms. The Hall–Kier alpha value is -2.37. The van der Waals surface area contributed by atoms with E-state index in [1.165, 1.54) is 24.5 Å². The monoisotopic (exact) mass is 345 g/mol. The Kier molecular flexibility index (Phi) is 4.60. The van der Waals surface area contributed by atoms with Crippen LogP contribution in [0.2, 0.25) is 5.02 Å². The van der Waals surface area contributed by atoms with Crippen molar-refractivity contribution in [1.29, 1.82) is 0 Å². The zero-order valence-electron chi connectivity index (χ0n) is 12.2. The third kappa shape index (κ3) is 3.70. The highest BCUT2D eigenvalue weighted by atomic mass is 35.5. The lowest BCUT2D eigenvalue weighted by Gasteiger charge is -2.06. The fourth-order valence-electron chi connectivity index (χ4n) is 1.97. The fourth-order valence-corrected chi connectivity index (χ4v) is 3.04. The highest BCUT2D eigenvalue weighted by Gasteiger charge is 2.08. The highest BCUT2D eigenvalue weighted by molar-refractivity contribution is 7.19. The summed E-state index contributed by atoms with van der Waals surface area (Å²) in [5, 5.41) is 1.59. The lowest BCUT2D eigenvalue weighted by molar-refractivity contribution is -0.134. The van der Waals surface area contributed by atoms with Gasteiger partial charge in [0, 0.05) is 27.6 Å². The minimum Gasteiger partial charge on any atom is -0.466 e. The van der Waals surface area contributed by atoms with Gasteiger partial charge in [0.05, 0.1) is 18.0 Å². The van der Waals surface area contributed by atoms with Crippen molar-refractivity contribution in [1.82, 2.24) is 4.98 Å². The molecule has 0 saturated heterocycles. The molecule has 23 heavy (non-hydrogen) atoms. The number of benzene rings is 1. The summed E-state index contributed by atoms with van der Waals surface area (Å²) >= 11 is 7.39. The number of ether oxygens (including phenoxy) is 2. The predicted octanol–water partition coefficient (Wildman–Crippen LogP) is 4.93. The summed E-state index contributed by atoms with van der Waals surface area (Å²) < 4.78 is 11.4. The minimum absolute atomic E-state index is 0.391. The zero-order chi connectivity index (χ0) is 16.2. The number of aromatic nitrogens is 1. The number of hydrogen-bond donors (Lipinski definition) is 0. The Bertz CT molecular complexity index is 871. The van der Waals surface area contributed by atoms with Crippen LogP contribution in [-0.4, -0.2) is 18.1 Å². The van der Waals surface area contributed by atoms with Crippen molar-refractivity contribution in [2.75, 3.05) is 7.11 Å².